The number of benzene rings is 1. The molecular weight excluding hydrogens is 321 g/mol. The molecule has 1 saturated heterocycles. The third-order valence-corrected chi connectivity index (χ3v) is 3.83. The molecule has 1 aromatic carbocycles. The van der Waals surface area contributed by atoms with E-state index in [0.717, 1.165) is 16.0 Å². The molecular formula is C17H19F3N2O2. The maximum Gasteiger partial charge on any atom is 0.471 e. The van der Waals surface area contributed by atoms with Gasteiger partial charge in [-0.1, -0.05) is 29.8 Å². The highest BCUT2D eigenvalue weighted by Crippen LogP contribution is 2.19. The van der Waals surface area contributed by atoms with Crippen LogP contribution in [-0.4, -0.2) is 54.0 Å². The van der Waals surface area contributed by atoms with Crippen LogP contribution >= 0.6 is 0 Å². The van der Waals surface area contributed by atoms with E-state index in [-0.39, 0.29) is 25.5 Å². The first-order valence-electron chi connectivity index (χ1n) is 7.67. The summed E-state index contributed by atoms with van der Waals surface area (Å²) in [6.07, 6.45) is -1.46. The van der Waals surface area contributed by atoms with E-state index < -0.39 is 12.1 Å². The third kappa shape index (κ3) is 4.84. The second-order valence-electron chi connectivity index (χ2n) is 5.71. The van der Waals surface area contributed by atoms with Crippen LogP contribution in [0.1, 0.15) is 17.5 Å². The summed E-state index contributed by atoms with van der Waals surface area (Å²) < 4.78 is 37.4. The molecule has 7 heteroatoms. The standard InChI is InChI=1S/C17H19F3N2O2/c1-13-3-5-14(6-4-13)7-8-15(23)21-9-2-10-22(12-11-21)16(24)17(18,19)20/h3-8H,2,9-12H2,1H3/b8-7+. The number of aryl methyl sites for hydroxylation is 1. The summed E-state index contributed by atoms with van der Waals surface area (Å²) >= 11 is 0. The highest BCUT2D eigenvalue weighted by atomic mass is 19.4. The lowest BCUT2D eigenvalue weighted by molar-refractivity contribution is -0.185. The van der Waals surface area contributed by atoms with Crippen LogP contribution in [-0.2, 0) is 9.59 Å². The molecule has 1 fully saturated rings. The number of halogens is 3. The van der Waals surface area contributed by atoms with E-state index in [4.69, 9.17) is 0 Å². The van der Waals surface area contributed by atoms with Crippen LogP contribution in [0.5, 0.6) is 0 Å². The summed E-state index contributed by atoms with van der Waals surface area (Å²) in [4.78, 5) is 25.7. The summed E-state index contributed by atoms with van der Waals surface area (Å²) in [6, 6.07) is 7.62. The van der Waals surface area contributed by atoms with Crippen LogP contribution in [0.15, 0.2) is 30.3 Å². The van der Waals surface area contributed by atoms with Crippen molar-refractivity contribution in [3.8, 4) is 0 Å². The number of hydrogen-bond acceptors (Lipinski definition) is 2. The van der Waals surface area contributed by atoms with Crippen molar-refractivity contribution < 1.29 is 22.8 Å². The zero-order valence-electron chi connectivity index (χ0n) is 13.3. The van der Waals surface area contributed by atoms with Gasteiger partial charge in [-0.15, -0.1) is 0 Å². The number of carbonyl (C=O) groups excluding carboxylic acids is 2. The molecule has 0 aromatic heterocycles. The molecule has 0 atom stereocenters. The van der Waals surface area contributed by atoms with Gasteiger partial charge in [0.1, 0.15) is 0 Å². The van der Waals surface area contributed by atoms with Gasteiger partial charge in [-0.05, 0) is 25.0 Å². The molecule has 0 bridgehead atoms. The van der Waals surface area contributed by atoms with Crippen molar-refractivity contribution in [3.05, 3.63) is 41.5 Å². The van der Waals surface area contributed by atoms with E-state index in [1.165, 1.54) is 11.0 Å². The van der Waals surface area contributed by atoms with Crippen molar-refractivity contribution in [3.63, 3.8) is 0 Å². The Labute approximate surface area is 138 Å². The predicted octanol–water partition coefficient (Wildman–Crippen LogP) is 2.63. The Hall–Kier alpha value is -2.31. The Bertz CT molecular complexity index is 624. The molecule has 0 aliphatic carbocycles. The molecule has 1 aliphatic rings. The minimum Gasteiger partial charge on any atom is -0.337 e. The fourth-order valence-electron chi connectivity index (χ4n) is 2.47. The molecule has 1 aromatic rings. The number of carbonyl (C=O) groups is 2. The molecule has 2 rings (SSSR count). The summed E-state index contributed by atoms with van der Waals surface area (Å²) in [5.74, 6) is -2.11. The lowest BCUT2D eigenvalue weighted by Gasteiger charge is -2.22. The molecule has 2 amide bonds. The summed E-state index contributed by atoms with van der Waals surface area (Å²) in [5, 5.41) is 0. The lowest BCUT2D eigenvalue weighted by Crippen LogP contribution is -2.43. The summed E-state index contributed by atoms with van der Waals surface area (Å²) in [5.41, 5.74) is 1.98. The number of alkyl halides is 3. The molecule has 24 heavy (non-hydrogen) atoms. The quantitative estimate of drug-likeness (QED) is 0.777. The van der Waals surface area contributed by atoms with Crippen LogP contribution in [0.3, 0.4) is 0 Å². The van der Waals surface area contributed by atoms with Crippen molar-refractivity contribution in [1.29, 1.82) is 0 Å². The van der Waals surface area contributed by atoms with E-state index in [1.807, 2.05) is 31.2 Å². The van der Waals surface area contributed by atoms with Crippen LogP contribution in [0.2, 0.25) is 0 Å². The van der Waals surface area contributed by atoms with Crippen LogP contribution in [0, 0.1) is 6.92 Å². The van der Waals surface area contributed by atoms with Gasteiger partial charge in [0.2, 0.25) is 5.91 Å². The van der Waals surface area contributed by atoms with Gasteiger partial charge >= 0.3 is 12.1 Å². The average molecular weight is 340 g/mol. The van der Waals surface area contributed by atoms with Crippen molar-refractivity contribution in [2.75, 3.05) is 26.2 Å². The highest BCUT2D eigenvalue weighted by Gasteiger charge is 2.42. The van der Waals surface area contributed by atoms with Crippen LogP contribution < -0.4 is 0 Å². The third-order valence-electron chi connectivity index (χ3n) is 3.83. The van der Waals surface area contributed by atoms with Gasteiger partial charge in [0.15, 0.2) is 0 Å². The molecule has 0 N–H and O–H groups in total. The van der Waals surface area contributed by atoms with Crippen molar-refractivity contribution in [2.45, 2.75) is 19.5 Å². The first-order valence-corrected chi connectivity index (χ1v) is 7.67. The zero-order chi connectivity index (χ0) is 17.7. The van der Waals surface area contributed by atoms with E-state index in [2.05, 4.69) is 0 Å². The Kier molecular flexibility index (Phi) is 5.64. The molecule has 1 aliphatic heterocycles. The van der Waals surface area contributed by atoms with E-state index >= 15 is 0 Å². The van der Waals surface area contributed by atoms with Gasteiger partial charge in [0.25, 0.3) is 0 Å². The van der Waals surface area contributed by atoms with Crippen molar-refractivity contribution in [2.24, 2.45) is 0 Å². The first kappa shape index (κ1) is 18.0. The van der Waals surface area contributed by atoms with Gasteiger partial charge in [-0.3, -0.25) is 9.59 Å². The molecule has 0 spiro atoms. The fourth-order valence-corrected chi connectivity index (χ4v) is 2.47. The molecule has 0 saturated carbocycles. The van der Waals surface area contributed by atoms with E-state index in [0.29, 0.717) is 13.0 Å². The van der Waals surface area contributed by atoms with Crippen molar-refractivity contribution in [1.82, 2.24) is 9.80 Å². The van der Waals surface area contributed by atoms with Gasteiger partial charge in [-0.25, -0.2) is 0 Å². The smallest absolute Gasteiger partial charge is 0.337 e. The van der Waals surface area contributed by atoms with E-state index in [1.54, 1.807) is 6.08 Å². The second-order valence-corrected chi connectivity index (χ2v) is 5.71. The Morgan fingerprint density at radius 2 is 1.58 bits per heavy atom. The minimum absolute atomic E-state index is 0.00377. The zero-order valence-corrected chi connectivity index (χ0v) is 13.3. The summed E-state index contributed by atoms with van der Waals surface area (Å²) in [7, 11) is 0. The van der Waals surface area contributed by atoms with Gasteiger partial charge < -0.3 is 9.80 Å². The number of amides is 2. The maximum atomic E-state index is 12.5. The van der Waals surface area contributed by atoms with Gasteiger partial charge in [-0.2, -0.15) is 13.2 Å². The van der Waals surface area contributed by atoms with Gasteiger partial charge in [0.05, 0.1) is 0 Å². The fraction of sp³-hybridized carbons (Fsp3) is 0.412. The topological polar surface area (TPSA) is 40.6 Å². The van der Waals surface area contributed by atoms with Crippen LogP contribution in [0.25, 0.3) is 6.08 Å². The minimum atomic E-state index is -4.87. The largest absolute Gasteiger partial charge is 0.471 e. The highest BCUT2D eigenvalue weighted by molar-refractivity contribution is 5.92. The van der Waals surface area contributed by atoms with E-state index in [9.17, 15) is 22.8 Å². The SMILES string of the molecule is Cc1ccc(/C=C/C(=O)N2CCCN(C(=O)C(F)(F)F)CC2)cc1. The Balaban J connectivity index is 1.94. The first-order chi connectivity index (χ1) is 11.3. The number of hydrogen-bond donors (Lipinski definition) is 0. The number of rotatable bonds is 2. The van der Waals surface area contributed by atoms with Crippen LogP contribution in [0.4, 0.5) is 13.2 Å². The monoisotopic (exact) mass is 340 g/mol. The molecule has 0 unspecified atom stereocenters. The van der Waals surface area contributed by atoms with Crippen molar-refractivity contribution >= 4 is 17.9 Å². The summed E-state index contributed by atoms with van der Waals surface area (Å²) in [6.45, 7) is 2.29. The Morgan fingerprint density at radius 3 is 2.21 bits per heavy atom. The normalized spacial score (nSPS) is 16.3. The average Bonchev–Trinajstić information content (AvgIpc) is 2.78. The molecule has 0 radical (unpaired) electrons. The van der Waals surface area contributed by atoms with Gasteiger partial charge in [0, 0.05) is 32.3 Å². The second kappa shape index (κ2) is 7.51. The molecule has 1 heterocycles. The maximum absolute atomic E-state index is 12.5. The lowest BCUT2D eigenvalue weighted by atomic mass is 10.1. The molecule has 130 valence electrons. The Morgan fingerprint density at radius 1 is 1.00 bits per heavy atom. The number of nitrogens with zero attached hydrogens (tertiary/aromatic N) is 2. The molecule has 4 nitrogen and oxygen atoms in total. The predicted molar refractivity (Wildman–Crippen MR) is 84.0 cm³/mol.